The van der Waals surface area contributed by atoms with E-state index in [-0.39, 0.29) is 5.56 Å². The normalized spacial score (nSPS) is 11.4. The lowest BCUT2D eigenvalue weighted by molar-refractivity contribution is 0.893. The van der Waals surface area contributed by atoms with Crippen LogP contribution in [0.1, 0.15) is 11.4 Å². The zero-order valence-electron chi connectivity index (χ0n) is 13.1. The van der Waals surface area contributed by atoms with E-state index in [0.29, 0.717) is 16.9 Å². The molecule has 25 heavy (non-hydrogen) atoms. The maximum absolute atomic E-state index is 12.3. The molecular formula is C19H13BrN4O. The predicted octanol–water partition coefficient (Wildman–Crippen LogP) is 4.04. The summed E-state index contributed by atoms with van der Waals surface area (Å²) in [4.78, 5) is 19.7. The van der Waals surface area contributed by atoms with Crippen LogP contribution in [0.4, 0.5) is 0 Å². The molecule has 4 rings (SSSR count). The van der Waals surface area contributed by atoms with E-state index in [1.807, 2.05) is 60.7 Å². The third-order valence-corrected chi connectivity index (χ3v) is 4.23. The van der Waals surface area contributed by atoms with Crippen LogP contribution in [0.25, 0.3) is 28.9 Å². The Bertz CT molecular complexity index is 1130. The van der Waals surface area contributed by atoms with Gasteiger partial charge in [0, 0.05) is 4.47 Å². The number of hydrogen-bond donors (Lipinski definition) is 1. The molecule has 2 aromatic carbocycles. The highest BCUT2D eigenvalue weighted by molar-refractivity contribution is 9.10. The number of benzene rings is 2. The first-order valence-corrected chi connectivity index (χ1v) is 8.47. The molecule has 0 spiro atoms. The Hall–Kier alpha value is -2.99. The second kappa shape index (κ2) is 6.49. The third kappa shape index (κ3) is 3.16. The first-order chi connectivity index (χ1) is 12.2. The number of nitrogens with one attached hydrogen (secondary N) is 1. The van der Waals surface area contributed by atoms with Gasteiger partial charge < -0.3 is 4.98 Å². The number of nitrogens with zero attached hydrogens (tertiary/aromatic N) is 3. The van der Waals surface area contributed by atoms with Gasteiger partial charge in [-0.15, -0.1) is 0 Å². The second-order valence-electron chi connectivity index (χ2n) is 5.47. The monoisotopic (exact) mass is 392 g/mol. The van der Waals surface area contributed by atoms with Gasteiger partial charge in [-0.3, -0.25) is 4.79 Å². The van der Waals surface area contributed by atoms with Gasteiger partial charge in [0.1, 0.15) is 11.2 Å². The summed E-state index contributed by atoms with van der Waals surface area (Å²) in [5, 5.41) is 4.76. The van der Waals surface area contributed by atoms with Crippen molar-refractivity contribution in [3.8, 4) is 5.69 Å². The quantitative estimate of drug-likeness (QED) is 0.572. The fraction of sp³-hybridized carbons (Fsp3) is 0. The van der Waals surface area contributed by atoms with E-state index in [0.717, 1.165) is 15.7 Å². The van der Waals surface area contributed by atoms with Gasteiger partial charge in [-0.1, -0.05) is 52.3 Å². The van der Waals surface area contributed by atoms with Gasteiger partial charge in [0.05, 0.1) is 11.9 Å². The second-order valence-corrected chi connectivity index (χ2v) is 6.38. The Morgan fingerprint density at radius 1 is 1.04 bits per heavy atom. The average molecular weight is 393 g/mol. The number of aromatic nitrogens is 4. The van der Waals surface area contributed by atoms with Gasteiger partial charge >= 0.3 is 0 Å². The van der Waals surface area contributed by atoms with Gasteiger partial charge in [0.15, 0.2) is 5.65 Å². The Morgan fingerprint density at radius 3 is 2.68 bits per heavy atom. The van der Waals surface area contributed by atoms with Crippen molar-refractivity contribution in [1.29, 1.82) is 0 Å². The summed E-state index contributed by atoms with van der Waals surface area (Å²) in [5.41, 5.74) is 2.19. The molecule has 0 aliphatic heterocycles. The summed E-state index contributed by atoms with van der Waals surface area (Å²) >= 11 is 3.44. The standard InChI is InChI=1S/C19H13BrN4O/c20-14-6-4-5-13(11-14)9-10-17-22-18-16(19(25)23-17)12-21-24(18)15-7-2-1-3-8-15/h1-12H,(H,22,23,25). The van der Waals surface area contributed by atoms with Crippen molar-refractivity contribution in [2.24, 2.45) is 0 Å². The number of hydrogen-bond acceptors (Lipinski definition) is 3. The van der Waals surface area contributed by atoms with Crippen LogP contribution in [-0.4, -0.2) is 19.7 Å². The largest absolute Gasteiger partial charge is 0.306 e. The van der Waals surface area contributed by atoms with Crippen molar-refractivity contribution in [3.05, 3.63) is 87.0 Å². The Kier molecular flexibility index (Phi) is 4.03. The van der Waals surface area contributed by atoms with Crippen molar-refractivity contribution in [1.82, 2.24) is 19.7 Å². The molecule has 1 N–H and O–H groups in total. The topological polar surface area (TPSA) is 63.6 Å². The highest BCUT2D eigenvalue weighted by atomic mass is 79.9. The number of aromatic amines is 1. The molecule has 0 aliphatic rings. The molecule has 0 fully saturated rings. The van der Waals surface area contributed by atoms with Crippen molar-refractivity contribution in [2.75, 3.05) is 0 Å². The van der Waals surface area contributed by atoms with Crippen molar-refractivity contribution in [3.63, 3.8) is 0 Å². The third-order valence-electron chi connectivity index (χ3n) is 3.74. The van der Waals surface area contributed by atoms with Crippen LogP contribution in [-0.2, 0) is 0 Å². The number of halogens is 1. The Morgan fingerprint density at radius 2 is 1.88 bits per heavy atom. The van der Waals surface area contributed by atoms with E-state index in [4.69, 9.17) is 0 Å². The van der Waals surface area contributed by atoms with E-state index in [1.54, 1.807) is 10.8 Å². The molecular weight excluding hydrogens is 380 g/mol. The number of H-pyrrole nitrogens is 1. The average Bonchev–Trinajstić information content (AvgIpc) is 3.05. The minimum atomic E-state index is -0.207. The minimum absolute atomic E-state index is 0.207. The number of para-hydroxylation sites is 1. The van der Waals surface area contributed by atoms with Crippen molar-refractivity contribution >= 4 is 39.1 Å². The molecule has 122 valence electrons. The van der Waals surface area contributed by atoms with Crippen molar-refractivity contribution < 1.29 is 0 Å². The first kappa shape index (κ1) is 15.5. The van der Waals surface area contributed by atoms with E-state index in [9.17, 15) is 4.79 Å². The Labute approximate surface area is 151 Å². The Balaban J connectivity index is 1.80. The summed E-state index contributed by atoms with van der Waals surface area (Å²) in [6.45, 7) is 0. The van der Waals surface area contributed by atoms with E-state index < -0.39 is 0 Å². The summed E-state index contributed by atoms with van der Waals surface area (Å²) in [6, 6.07) is 17.5. The van der Waals surface area contributed by atoms with Gasteiger partial charge in [0.2, 0.25) is 0 Å². The maximum atomic E-state index is 12.3. The molecule has 0 unspecified atom stereocenters. The molecule has 0 aliphatic carbocycles. The molecule has 2 aromatic heterocycles. The fourth-order valence-corrected chi connectivity index (χ4v) is 2.97. The molecule has 2 heterocycles. The van der Waals surface area contributed by atoms with Gasteiger partial charge in [-0.05, 0) is 35.9 Å². The molecule has 0 amide bonds. The maximum Gasteiger partial charge on any atom is 0.262 e. The molecule has 0 bridgehead atoms. The zero-order chi connectivity index (χ0) is 17.2. The molecule has 4 aromatic rings. The molecule has 0 radical (unpaired) electrons. The van der Waals surface area contributed by atoms with Gasteiger partial charge in [0.25, 0.3) is 5.56 Å². The molecule has 6 heteroatoms. The minimum Gasteiger partial charge on any atom is -0.306 e. The zero-order valence-corrected chi connectivity index (χ0v) is 14.6. The van der Waals surface area contributed by atoms with Crippen LogP contribution in [0.15, 0.2) is 70.1 Å². The lowest BCUT2D eigenvalue weighted by Gasteiger charge is -2.02. The van der Waals surface area contributed by atoms with Crippen LogP contribution in [0, 0.1) is 0 Å². The van der Waals surface area contributed by atoms with E-state index in [2.05, 4.69) is 31.0 Å². The number of fused-ring (bicyclic) bond motifs is 1. The van der Waals surface area contributed by atoms with Gasteiger partial charge in [-0.2, -0.15) is 5.10 Å². The van der Waals surface area contributed by atoms with E-state index in [1.165, 1.54) is 6.20 Å². The molecule has 0 saturated heterocycles. The SMILES string of the molecule is O=c1[nH]c(C=Cc2cccc(Br)c2)nc2c1cnn2-c1ccccc1. The molecule has 0 saturated carbocycles. The van der Waals surface area contributed by atoms with Crippen molar-refractivity contribution in [2.45, 2.75) is 0 Å². The van der Waals surface area contributed by atoms with Crippen LogP contribution >= 0.6 is 15.9 Å². The van der Waals surface area contributed by atoms with Crippen LogP contribution in [0.2, 0.25) is 0 Å². The molecule has 5 nitrogen and oxygen atoms in total. The highest BCUT2D eigenvalue weighted by Gasteiger charge is 2.10. The first-order valence-electron chi connectivity index (χ1n) is 7.68. The smallest absolute Gasteiger partial charge is 0.262 e. The number of rotatable bonds is 3. The lowest BCUT2D eigenvalue weighted by Crippen LogP contribution is -2.10. The predicted molar refractivity (Wildman–Crippen MR) is 103 cm³/mol. The van der Waals surface area contributed by atoms with Crippen LogP contribution in [0.3, 0.4) is 0 Å². The summed E-state index contributed by atoms with van der Waals surface area (Å²) in [5.74, 6) is 0.482. The summed E-state index contributed by atoms with van der Waals surface area (Å²) in [7, 11) is 0. The van der Waals surface area contributed by atoms with E-state index >= 15 is 0 Å². The summed E-state index contributed by atoms with van der Waals surface area (Å²) in [6.07, 6.45) is 5.22. The van der Waals surface area contributed by atoms with Crippen LogP contribution < -0.4 is 5.56 Å². The highest BCUT2D eigenvalue weighted by Crippen LogP contribution is 2.15. The lowest BCUT2D eigenvalue weighted by atomic mass is 10.2. The molecule has 0 atom stereocenters. The summed E-state index contributed by atoms with van der Waals surface area (Å²) < 4.78 is 2.66. The van der Waals surface area contributed by atoms with Crippen LogP contribution in [0.5, 0.6) is 0 Å². The van der Waals surface area contributed by atoms with Gasteiger partial charge in [-0.25, -0.2) is 9.67 Å². The fourth-order valence-electron chi connectivity index (χ4n) is 2.56.